The SMILES string of the molecule is Cc1nc2c([N+](=O)[O-])c(Cl)c(Cl)cc2[nH]1. The fraction of sp³-hybridized carbons (Fsp3) is 0.125. The summed E-state index contributed by atoms with van der Waals surface area (Å²) >= 11 is 11.5. The molecule has 0 aliphatic heterocycles. The van der Waals surface area contributed by atoms with E-state index in [1.165, 1.54) is 6.07 Å². The predicted molar refractivity (Wildman–Crippen MR) is 57.5 cm³/mol. The van der Waals surface area contributed by atoms with Gasteiger partial charge in [-0.15, -0.1) is 0 Å². The Balaban J connectivity index is 2.94. The average molecular weight is 246 g/mol. The minimum absolute atomic E-state index is 0.0827. The number of rotatable bonds is 1. The van der Waals surface area contributed by atoms with Crippen LogP contribution in [-0.4, -0.2) is 14.9 Å². The van der Waals surface area contributed by atoms with Gasteiger partial charge in [0.05, 0.1) is 15.5 Å². The number of H-pyrrole nitrogens is 1. The van der Waals surface area contributed by atoms with E-state index < -0.39 is 4.92 Å². The zero-order chi connectivity index (χ0) is 11.2. The average Bonchev–Trinajstić information content (AvgIpc) is 2.46. The predicted octanol–water partition coefficient (Wildman–Crippen LogP) is 3.09. The first-order valence-corrected chi connectivity index (χ1v) is 4.75. The van der Waals surface area contributed by atoms with Crippen molar-refractivity contribution in [3.05, 3.63) is 32.1 Å². The molecule has 0 aliphatic carbocycles. The minimum atomic E-state index is -0.586. The third-order valence-electron chi connectivity index (χ3n) is 1.95. The Hall–Kier alpha value is -1.33. The van der Waals surface area contributed by atoms with Gasteiger partial charge in [0.15, 0.2) is 5.52 Å². The Morgan fingerprint density at radius 1 is 1.53 bits per heavy atom. The molecule has 0 radical (unpaired) electrons. The minimum Gasteiger partial charge on any atom is -0.342 e. The van der Waals surface area contributed by atoms with E-state index in [1.54, 1.807) is 6.92 Å². The summed E-state index contributed by atoms with van der Waals surface area (Å²) in [5, 5.41) is 10.9. The van der Waals surface area contributed by atoms with Crippen LogP contribution in [0.25, 0.3) is 11.0 Å². The largest absolute Gasteiger partial charge is 0.342 e. The van der Waals surface area contributed by atoms with E-state index in [2.05, 4.69) is 9.97 Å². The number of fused-ring (bicyclic) bond motifs is 1. The summed E-state index contributed by atoms with van der Waals surface area (Å²) in [4.78, 5) is 17.1. The van der Waals surface area contributed by atoms with Crippen molar-refractivity contribution >= 4 is 39.9 Å². The van der Waals surface area contributed by atoms with Crippen molar-refractivity contribution < 1.29 is 4.92 Å². The lowest BCUT2D eigenvalue weighted by atomic mass is 10.2. The maximum absolute atomic E-state index is 10.8. The number of nitro benzene ring substituents is 1. The van der Waals surface area contributed by atoms with Gasteiger partial charge in [0.25, 0.3) is 0 Å². The Morgan fingerprint density at radius 2 is 2.20 bits per heavy atom. The van der Waals surface area contributed by atoms with Crippen molar-refractivity contribution in [2.24, 2.45) is 0 Å². The van der Waals surface area contributed by atoms with Crippen LogP contribution in [0.4, 0.5) is 5.69 Å². The second-order valence-corrected chi connectivity index (χ2v) is 3.78. The second kappa shape index (κ2) is 3.36. The number of imidazole rings is 1. The van der Waals surface area contributed by atoms with Gasteiger partial charge >= 0.3 is 5.69 Å². The van der Waals surface area contributed by atoms with Crippen LogP contribution in [0.3, 0.4) is 0 Å². The summed E-state index contributed by atoms with van der Waals surface area (Å²) in [5.74, 6) is 0.575. The third-order valence-corrected chi connectivity index (χ3v) is 2.72. The summed E-state index contributed by atoms with van der Waals surface area (Å²) in [6, 6.07) is 1.52. The van der Waals surface area contributed by atoms with Gasteiger partial charge in [-0.25, -0.2) is 4.98 Å². The Bertz CT molecular complexity index is 565. The van der Waals surface area contributed by atoms with E-state index in [9.17, 15) is 10.1 Å². The fourth-order valence-electron chi connectivity index (χ4n) is 1.37. The van der Waals surface area contributed by atoms with E-state index in [0.29, 0.717) is 11.3 Å². The molecule has 0 fully saturated rings. The first-order valence-electron chi connectivity index (χ1n) is 3.99. The van der Waals surface area contributed by atoms with Crippen LogP contribution in [0.2, 0.25) is 10.0 Å². The number of hydrogen-bond acceptors (Lipinski definition) is 3. The summed E-state index contributed by atoms with van der Waals surface area (Å²) in [6.07, 6.45) is 0. The molecular weight excluding hydrogens is 241 g/mol. The van der Waals surface area contributed by atoms with Crippen molar-refractivity contribution in [2.45, 2.75) is 6.92 Å². The lowest BCUT2D eigenvalue weighted by Crippen LogP contribution is -1.91. The number of benzene rings is 1. The second-order valence-electron chi connectivity index (χ2n) is 3.00. The number of aromatic nitrogens is 2. The van der Waals surface area contributed by atoms with Gasteiger partial charge < -0.3 is 4.98 Å². The Kier molecular flexibility index (Phi) is 2.28. The maximum Gasteiger partial charge on any atom is 0.317 e. The molecule has 0 amide bonds. The highest BCUT2D eigenvalue weighted by molar-refractivity contribution is 6.44. The first-order chi connectivity index (χ1) is 7.00. The number of nitrogens with zero attached hydrogens (tertiary/aromatic N) is 2. The van der Waals surface area contributed by atoms with Gasteiger partial charge in [0.1, 0.15) is 10.8 Å². The van der Waals surface area contributed by atoms with E-state index in [4.69, 9.17) is 23.2 Å². The number of hydrogen-bond donors (Lipinski definition) is 1. The van der Waals surface area contributed by atoms with Gasteiger partial charge in [0, 0.05) is 0 Å². The van der Waals surface area contributed by atoms with Gasteiger partial charge in [-0.05, 0) is 13.0 Å². The number of aryl methyl sites for hydroxylation is 1. The molecule has 2 rings (SSSR count). The van der Waals surface area contributed by atoms with Crippen molar-refractivity contribution in [3.8, 4) is 0 Å². The molecule has 7 heteroatoms. The highest BCUT2D eigenvalue weighted by Crippen LogP contribution is 2.37. The molecular formula is C8H5Cl2N3O2. The number of aromatic amines is 1. The van der Waals surface area contributed by atoms with Crippen LogP contribution in [0, 0.1) is 17.0 Å². The molecule has 0 saturated heterocycles. The molecule has 0 spiro atoms. The Labute approximate surface area is 94.2 Å². The molecule has 5 nitrogen and oxygen atoms in total. The molecule has 0 bridgehead atoms. The van der Waals surface area contributed by atoms with Crippen LogP contribution < -0.4 is 0 Å². The molecule has 2 aromatic rings. The Morgan fingerprint density at radius 3 is 2.80 bits per heavy atom. The monoisotopic (exact) mass is 245 g/mol. The van der Waals surface area contributed by atoms with Gasteiger partial charge in [-0.2, -0.15) is 0 Å². The molecule has 15 heavy (non-hydrogen) atoms. The topological polar surface area (TPSA) is 71.8 Å². The lowest BCUT2D eigenvalue weighted by molar-refractivity contribution is -0.383. The fourth-order valence-corrected chi connectivity index (χ4v) is 1.78. The molecule has 1 aromatic carbocycles. The maximum atomic E-state index is 10.8. The zero-order valence-electron chi connectivity index (χ0n) is 7.54. The first kappa shape index (κ1) is 10.2. The molecule has 1 N–H and O–H groups in total. The quantitative estimate of drug-likeness (QED) is 0.620. The highest BCUT2D eigenvalue weighted by atomic mass is 35.5. The summed E-state index contributed by atoms with van der Waals surface area (Å²) in [6.45, 7) is 1.70. The molecule has 1 aromatic heterocycles. The highest BCUT2D eigenvalue weighted by Gasteiger charge is 2.23. The van der Waals surface area contributed by atoms with Crippen LogP contribution in [0.15, 0.2) is 6.07 Å². The van der Waals surface area contributed by atoms with E-state index in [0.717, 1.165) is 0 Å². The lowest BCUT2D eigenvalue weighted by Gasteiger charge is -1.98. The van der Waals surface area contributed by atoms with Gasteiger partial charge in [-0.3, -0.25) is 10.1 Å². The van der Waals surface area contributed by atoms with Crippen molar-refractivity contribution in [3.63, 3.8) is 0 Å². The van der Waals surface area contributed by atoms with E-state index in [1.807, 2.05) is 0 Å². The van der Waals surface area contributed by atoms with E-state index >= 15 is 0 Å². The molecule has 1 heterocycles. The molecule has 78 valence electrons. The van der Waals surface area contributed by atoms with Gasteiger partial charge in [0.2, 0.25) is 0 Å². The van der Waals surface area contributed by atoms with Crippen molar-refractivity contribution in [2.75, 3.05) is 0 Å². The summed E-state index contributed by atoms with van der Waals surface area (Å²) in [5.41, 5.74) is 0.476. The van der Waals surface area contributed by atoms with Gasteiger partial charge in [-0.1, -0.05) is 23.2 Å². The summed E-state index contributed by atoms with van der Waals surface area (Å²) < 4.78 is 0. The number of halogens is 2. The zero-order valence-corrected chi connectivity index (χ0v) is 9.06. The third kappa shape index (κ3) is 1.53. The molecule has 0 unspecified atom stereocenters. The van der Waals surface area contributed by atoms with Crippen molar-refractivity contribution in [1.82, 2.24) is 9.97 Å². The standard InChI is InChI=1S/C8H5Cl2N3O2/c1-3-11-5-2-4(9)6(10)8(13(14)15)7(5)12-3/h2H,1H3,(H,11,12). The number of nitro groups is 1. The van der Waals surface area contributed by atoms with Crippen molar-refractivity contribution in [1.29, 1.82) is 0 Å². The summed E-state index contributed by atoms with van der Waals surface area (Å²) in [7, 11) is 0. The van der Waals surface area contributed by atoms with Crippen LogP contribution in [0.1, 0.15) is 5.82 Å². The van der Waals surface area contributed by atoms with Crippen LogP contribution in [0.5, 0.6) is 0 Å². The normalized spacial score (nSPS) is 10.9. The molecule has 0 saturated carbocycles. The molecule has 0 aliphatic rings. The van der Waals surface area contributed by atoms with Crippen LogP contribution in [-0.2, 0) is 0 Å². The van der Waals surface area contributed by atoms with Crippen LogP contribution >= 0.6 is 23.2 Å². The number of nitrogens with one attached hydrogen (secondary N) is 1. The smallest absolute Gasteiger partial charge is 0.317 e. The van der Waals surface area contributed by atoms with E-state index in [-0.39, 0.29) is 21.2 Å². The molecule has 0 atom stereocenters.